The van der Waals surface area contributed by atoms with Gasteiger partial charge in [-0.1, -0.05) is 36.4 Å². The van der Waals surface area contributed by atoms with E-state index >= 15 is 0 Å². The number of carbonyl (C=O) groups is 1. The number of carbonyl (C=O) groups excluding carboxylic acids is 1. The van der Waals surface area contributed by atoms with Gasteiger partial charge >= 0.3 is 5.97 Å². The Balaban J connectivity index is 1.64. The van der Waals surface area contributed by atoms with Crippen molar-refractivity contribution in [1.82, 2.24) is 4.57 Å². The minimum absolute atomic E-state index is 0.236. The number of hydrogen-bond acceptors (Lipinski definition) is 7. The first-order chi connectivity index (χ1) is 16.3. The monoisotopic (exact) mass is 469 g/mol. The van der Waals surface area contributed by atoms with Gasteiger partial charge in [-0.2, -0.15) is 0 Å². The normalized spacial score (nSPS) is 24.9. The van der Waals surface area contributed by atoms with Crippen molar-refractivity contribution in [2.24, 2.45) is 0 Å². The number of aliphatic hydroxyl groups excluding tert-OH is 4. The maximum Gasteiger partial charge on any atom is 0.305 e. The minimum Gasteiger partial charge on any atom is -0.469 e. The average Bonchev–Trinajstić information content (AvgIpc) is 3.21. The van der Waals surface area contributed by atoms with Gasteiger partial charge in [0.15, 0.2) is 6.23 Å². The number of hydrogen-bond donors (Lipinski definition) is 4. The van der Waals surface area contributed by atoms with Gasteiger partial charge in [0.25, 0.3) is 0 Å². The first kappa shape index (κ1) is 24.4. The molecule has 4 rings (SSSR count). The fraction of sp³-hybridized carbons (Fsp3) is 0.423. The Morgan fingerprint density at radius 3 is 2.41 bits per heavy atom. The zero-order valence-corrected chi connectivity index (χ0v) is 19.3. The molecule has 0 spiro atoms. The van der Waals surface area contributed by atoms with Crippen LogP contribution in [-0.4, -0.2) is 69.1 Å². The summed E-state index contributed by atoms with van der Waals surface area (Å²) in [6, 6.07) is 13.9. The predicted molar refractivity (Wildman–Crippen MR) is 125 cm³/mol. The molecule has 0 bridgehead atoms. The number of fused-ring (bicyclic) bond motifs is 1. The molecule has 1 fully saturated rings. The lowest BCUT2D eigenvalue weighted by atomic mass is 9.98. The highest BCUT2D eigenvalue weighted by molar-refractivity contribution is 5.87. The molecule has 0 saturated carbocycles. The number of aliphatic hydroxyl groups is 4. The summed E-state index contributed by atoms with van der Waals surface area (Å²) in [7, 11) is 1.38. The Hall–Kier alpha value is -2.75. The predicted octanol–water partition coefficient (Wildman–Crippen LogP) is 1.62. The molecule has 182 valence electrons. The molecular weight excluding hydrogens is 438 g/mol. The number of benzene rings is 2. The number of nitrogens with zero attached hydrogens (tertiary/aromatic N) is 1. The van der Waals surface area contributed by atoms with Crippen molar-refractivity contribution in [2.75, 3.05) is 13.7 Å². The van der Waals surface area contributed by atoms with Crippen molar-refractivity contribution < 1.29 is 34.7 Å². The molecule has 3 aromatic rings. The molecule has 8 heteroatoms. The molecule has 1 aliphatic heterocycles. The Bertz CT molecular complexity index is 1140. The van der Waals surface area contributed by atoms with E-state index in [1.807, 2.05) is 55.6 Å². The molecule has 0 radical (unpaired) electrons. The number of aryl methyl sites for hydroxylation is 2. The summed E-state index contributed by atoms with van der Waals surface area (Å²) in [5.41, 5.74) is 5.04. The zero-order chi connectivity index (χ0) is 24.4. The summed E-state index contributed by atoms with van der Waals surface area (Å²) in [4.78, 5) is 11.4. The number of esters is 1. The molecular formula is C26H31NO7. The highest BCUT2D eigenvalue weighted by atomic mass is 16.6. The highest BCUT2D eigenvalue weighted by Gasteiger charge is 2.44. The van der Waals surface area contributed by atoms with E-state index in [0.29, 0.717) is 19.3 Å². The standard InChI is InChI=1S/C26H31NO7/c1-15-4-3-5-19-22(15)18(12-17-8-6-16(7-9-17)10-11-21(29)33-2)13-27(19)26-25(32)24(31)23(30)20(14-28)34-26/h3-9,13,20,23-26,28,30-32H,10-12,14H2,1-2H3/t20-,23-,24+,25-,26-/m1/s1. The Morgan fingerprint density at radius 2 is 1.74 bits per heavy atom. The first-order valence-electron chi connectivity index (χ1n) is 11.4. The van der Waals surface area contributed by atoms with Gasteiger partial charge in [-0.15, -0.1) is 0 Å². The van der Waals surface area contributed by atoms with Crippen molar-refractivity contribution in [1.29, 1.82) is 0 Å². The van der Waals surface area contributed by atoms with Crippen LogP contribution in [0.3, 0.4) is 0 Å². The van der Waals surface area contributed by atoms with Gasteiger partial charge in [0.2, 0.25) is 0 Å². The molecule has 2 heterocycles. The van der Waals surface area contributed by atoms with Gasteiger partial charge in [0.05, 0.1) is 19.2 Å². The van der Waals surface area contributed by atoms with Gasteiger partial charge in [0.1, 0.15) is 24.4 Å². The quantitative estimate of drug-likeness (QED) is 0.388. The van der Waals surface area contributed by atoms with Gasteiger partial charge in [-0.25, -0.2) is 0 Å². The van der Waals surface area contributed by atoms with Crippen LogP contribution in [-0.2, 0) is 27.1 Å². The van der Waals surface area contributed by atoms with E-state index in [4.69, 9.17) is 9.47 Å². The van der Waals surface area contributed by atoms with Crippen LogP contribution in [0.4, 0.5) is 0 Å². The number of methoxy groups -OCH3 is 1. The van der Waals surface area contributed by atoms with Crippen molar-refractivity contribution in [2.45, 2.75) is 56.8 Å². The van der Waals surface area contributed by atoms with E-state index in [2.05, 4.69) is 0 Å². The summed E-state index contributed by atoms with van der Waals surface area (Å²) in [6.45, 7) is 1.54. The lowest BCUT2D eigenvalue weighted by Gasteiger charge is -2.40. The number of ether oxygens (including phenoxy) is 2. The van der Waals surface area contributed by atoms with E-state index in [0.717, 1.165) is 33.2 Å². The minimum atomic E-state index is -1.45. The Kier molecular flexibility index (Phi) is 7.35. The van der Waals surface area contributed by atoms with Crippen LogP contribution in [0.1, 0.15) is 34.9 Å². The topological polar surface area (TPSA) is 121 Å². The van der Waals surface area contributed by atoms with Crippen LogP contribution >= 0.6 is 0 Å². The van der Waals surface area contributed by atoms with Crippen molar-refractivity contribution >= 4 is 16.9 Å². The summed E-state index contributed by atoms with van der Waals surface area (Å²) in [5, 5.41) is 41.7. The van der Waals surface area contributed by atoms with Crippen LogP contribution in [0.5, 0.6) is 0 Å². The smallest absolute Gasteiger partial charge is 0.305 e. The molecule has 0 aliphatic carbocycles. The number of aromatic nitrogens is 1. The van der Waals surface area contributed by atoms with E-state index in [9.17, 15) is 25.2 Å². The Labute approximate surface area is 198 Å². The van der Waals surface area contributed by atoms with Gasteiger partial charge in [0, 0.05) is 18.0 Å². The Morgan fingerprint density at radius 1 is 1.03 bits per heavy atom. The summed E-state index contributed by atoms with van der Waals surface area (Å²) >= 11 is 0. The second-order valence-electron chi connectivity index (χ2n) is 8.82. The molecule has 4 N–H and O–H groups in total. The largest absolute Gasteiger partial charge is 0.469 e. The third-order valence-electron chi connectivity index (χ3n) is 6.55. The molecule has 1 aromatic heterocycles. The van der Waals surface area contributed by atoms with Crippen LogP contribution in [0.15, 0.2) is 48.7 Å². The molecule has 2 aromatic carbocycles. The zero-order valence-electron chi connectivity index (χ0n) is 19.3. The lowest BCUT2D eigenvalue weighted by Crippen LogP contribution is -2.56. The maximum absolute atomic E-state index is 11.4. The van der Waals surface area contributed by atoms with Gasteiger partial charge < -0.3 is 34.5 Å². The second-order valence-corrected chi connectivity index (χ2v) is 8.82. The van der Waals surface area contributed by atoms with Crippen LogP contribution in [0.2, 0.25) is 0 Å². The fourth-order valence-corrected chi connectivity index (χ4v) is 4.64. The molecule has 1 aliphatic rings. The molecule has 1 saturated heterocycles. The highest BCUT2D eigenvalue weighted by Crippen LogP contribution is 2.35. The van der Waals surface area contributed by atoms with E-state index in [-0.39, 0.29) is 5.97 Å². The SMILES string of the molecule is COC(=O)CCc1ccc(Cc2cn([C@@H]3O[C@H](CO)[C@@H](O)[C@H](O)[C@H]3O)c3cccc(C)c23)cc1. The van der Waals surface area contributed by atoms with Crippen molar-refractivity contribution in [3.8, 4) is 0 Å². The lowest BCUT2D eigenvalue weighted by molar-refractivity contribution is -0.250. The van der Waals surface area contributed by atoms with E-state index < -0.39 is 37.3 Å². The third kappa shape index (κ3) is 4.73. The van der Waals surface area contributed by atoms with Crippen LogP contribution < -0.4 is 0 Å². The maximum atomic E-state index is 11.4. The van der Waals surface area contributed by atoms with Crippen molar-refractivity contribution in [3.63, 3.8) is 0 Å². The molecule has 0 amide bonds. The second kappa shape index (κ2) is 10.2. The van der Waals surface area contributed by atoms with Crippen molar-refractivity contribution in [3.05, 3.63) is 70.9 Å². The first-order valence-corrected chi connectivity index (χ1v) is 11.4. The van der Waals surface area contributed by atoms with Gasteiger partial charge in [-0.05, 0) is 48.1 Å². The number of rotatable bonds is 7. The summed E-state index contributed by atoms with van der Waals surface area (Å²) in [5.74, 6) is -0.236. The molecule has 5 atom stereocenters. The van der Waals surface area contributed by atoms with E-state index in [1.165, 1.54) is 7.11 Å². The summed E-state index contributed by atoms with van der Waals surface area (Å²) in [6.07, 6.45) is -2.68. The molecule has 34 heavy (non-hydrogen) atoms. The van der Waals surface area contributed by atoms with E-state index in [1.54, 1.807) is 4.57 Å². The summed E-state index contributed by atoms with van der Waals surface area (Å²) < 4.78 is 12.3. The molecule has 8 nitrogen and oxygen atoms in total. The third-order valence-corrected chi connectivity index (χ3v) is 6.55. The van der Waals surface area contributed by atoms with Crippen LogP contribution in [0, 0.1) is 6.92 Å². The molecule has 0 unspecified atom stereocenters. The fourth-order valence-electron chi connectivity index (χ4n) is 4.64. The van der Waals surface area contributed by atoms with Crippen LogP contribution in [0.25, 0.3) is 10.9 Å². The van der Waals surface area contributed by atoms with Gasteiger partial charge in [-0.3, -0.25) is 4.79 Å². The average molecular weight is 470 g/mol.